The summed E-state index contributed by atoms with van der Waals surface area (Å²) in [6.07, 6.45) is 1.39. The molecule has 0 unspecified atom stereocenters. The van der Waals surface area contributed by atoms with Crippen LogP contribution in [0.25, 0.3) is 0 Å². The molecule has 0 saturated heterocycles. The Morgan fingerprint density at radius 1 is 1.78 bits per heavy atom. The highest BCUT2D eigenvalue weighted by Gasteiger charge is 1.96. The molecule has 0 N–H and O–H groups in total. The van der Waals surface area contributed by atoms with Gasteiger partial charge in [-0.15, -0.1) is 11.6 Å². The fourth-order valence-electron chi connectivity index (χ4n) is 0.509. The van der Waals surface area contributed by atoms with Gasteiger partial charge in [0.05, 0.1) is 11.4 Å². The fraction of sp³-hybridized carbons (Fsp3) is 0.167. The minimum Gasteiger partial charge on any atom is -0.467 e. The molecular weight excluding hydrogens is 138 g/mol. The quantitative estimate of drug-likeness (QED) is 0.560. The molecule has 9 heavy (non-hydrogen) atoms. The second kappa shape index (κ2) is 2.56. The van der Waals surface area contributed by atoms with Crippen LogP contribution in [-0.2, 0) is 5.88 Å². The van der Waals surface area contributed by atoms with E-state index >= 15 is 0 Å². The lowest BCUT2D eigenvalue weighted by atomic mass is 10.3. The van der Waals surface area contributed by atoms with Gasteiger partial charge >= 0.3 is 0 Å². The number of hydrogen-bond acceptors (Lipinski definition) is 2. The molecule has 0 spiro atoms. The molecule has 1 aromatic rings. The predicted molar refractivity (Wildman–Crippen MR) is 33.0 cm³/mol. The first kappa shape index (κ1) is 6.18. The minimum absolute atomic E-state index is 0.321. The molecule has 0 fully saturated rings. The van der Waals surface area contributed by atoms with Gasteiger partial charge in [0.15, 0.2) is 0 Å². The summed E-state index contributed by atoms with van der Waals surface area (Å²) >= 11 is 5.39. The van der Waals surface area contributed by atoms with E-state index in [4.69, 9.17) is 21.3 Å². The zero-order valence-electron chi connectivity index (χ0n) is 4.60. The fourth-order valence-corrected chi connectivity index (χ4v) is 0.649. The topological polar surface area (TPSA) is 36.9 Å². The Balaban J connectivity index is 2.90. The van der Waals surface area contributed by atoms with Crippen LogP contribution in [0.3, 0.4) is 0 Å². The number of hydrogen-bond donors (Lipinski definition) is 0. The van der Waals surface area contributed by atoms with Crippen LogP contribution in [-0.4, -0.2) is 0 Å². The van der Waals surface area contributed by atoms with Crippen LogP contribution in [0.4, 0.5) is 0 Å². The number of alkyl halides is 1. The van der Waals surface area contributed by atoms with Gasteiger partial charge in [0, 0.05) is 0 Å². The Morgan fingerprint density at radius 2 is 2.56 bits per heavy atom. The number of furan rings is 1. The van der Waals surface area contributed by atoms with Crippen molar-refractivity contribution in [2.24, 2.45) is 0 Å². The molecule has 1 aromatic heterocycles. The highest BCUT2D eigenvalue weighted by atomic mass is 35.5. The molecular formula is C6H4ClNO. The van der Waals surface area contributed by atoms with Gasteiger partial charge in [0.25, 0.3) is 0 Å². The van der Waals surface area contributed by atoms with Gasteiger partial charge in [-0.25, -0.2) is 0 Å². The van der Waals surface area contributed by atoms with Crippen molar-refractivity contribution in [1.82, 2.24) is 0 Å². The average molecular weight is 142 g/mol. The van der Waals surface area contributed by atoms with E-state index in [0.29, 0.717) is 17.2 Å². The third-order valence-electron chi connectivity index (χ3n) is 0.915. The molecule has 0 amide bonds. The van der Waals surface area contributed by atoms with E-state index in [9.17, 15) is 0 Å². The zero-order valence-corrected chi connectivity index (χ0v) is 5.35. The lowest BCUT2D eigenvalue weighted by Gasteiger charge is -1.77. The lowest BCUT2D eigenvalue weighted by molar-refractivity contribution is 0.528. The molecule has 0 saturated carbocycles. The van der Waals surface area contributed by atoms with Crippen LogP contribution < -0.4 is 0 Å². The van der Waals surface area contributed by atoms with Crippen molar-refractivity contribution in [3.8, 4) is 6.07 Å². The van der Waals surface area contributed by atoms with E-state index in [1.807, 2.05) is 6.07 Å². The first-order chi connectivity index (χ1) is 4.36. The van der Waals surface area contributed by atoms with E-state index in [0.717, 1.165) is 0 Å². The maximum Gasteiger partial charge on any atom is 0.119 e. The van der Waals surface area contributed by atoms with Crippen molar-refractivity contribution in [3.05, 3.63) is 23.7 Å². The van der Waals surface area contributed by atoms with Gasteiger partial charge in [-0.2, -0.15) is 5.26 Å². The summed E-state index contributed by atoms with van der Waals surface area (Å²) in [5, 5.41) is 8.29. The van der Waals surface area contributed by atoms with Gasteiger partial charge in [-0.3, -0.25) is 0 Å². The number of nitriles is 1. The van der Waals surface area contributed by atoms with Crippen molar-refractivity contribution in [2.45, 2.75) is 5.88 Å². The Kier molecular flexibility index (Phi) is 1.76. The molecule has 0 aliphatic heterocycles. The van der Waals surface area contributed by atoms with Crippen LogP contribution in [0, 0.1) is 11.3 Å². The van der Waals surface area contributed by atoms with Crippen molar-refractivity contribution >= 4 is 11.6 Å². The van der Waals surface area contributed by atoms with Crippen LogP contribution in [0.15, 0.2) is 16.7 Å². The van der Waals surface area contributed by atoms with E-state index in [2.05, 4.69) is 0 Å². The third kappa shape index (κ3) is 1.24. The molecule has 0 aliphatic carbocycles. The SMILES string of the molecule is N#Cc1coc(CCl)c1. The molecule has 3 heteroatoms. The molecule has 0 bridgehead atoms. The van der Waals surface area contributed by atoms with Crippen molar-refractivity contribution in [3.63, 3.8) is 0 Å². The third-order valence-corrected chi connectivity index (χ3v) is 1.18. The molecule has 2 nitrogen and oxygen atoms in total. The van der Waals surface area contributed by atoms with Gasteiger partial charge < -0.3 is 4.42 Å². The van der Waals surface area contributed by atoms with E-state index < -0.39 is 0 Å². The summed E-state index contributed by atoms with van der Waals surface area (Å²) in [6, 6.07) is 3.55. The van der Waals surface area contributed by atoms with Gasteiger partial charge in [-0.05, 0) is 6.07 Å². The van der Waals surface area contributed by atoms with Crippen LogP contribution in [0.1, 0.15) is 11.3 Å². The largest absolute Gasteiger partial charge is 0.467 e. The highest BCUT2D eigenvalue weighted by molar-refractivity contribution is 6.16. The van der Waals surface area contributed by atoms with E-state index in [1.54, 1.807) is 6.07 Å². The second-order valence-corrected chi connectivity index (χ2v) is 1.81. The molecule has 0 aliphatic rings. The number of rotatable bonds is 1. The molecule has 0 radical (unpaired) electrons. The normalized spacial score (nSPS) is 8.89. The second-order valence-electron chi connectivity index (χ2n) is 1.55. The van der Waals surface area contributed by atoms with Crippen molar-refractivity contribution in [2.75, 3.05) is 0 Å². The first-order valence-electron chi connectivity index (χ1n) is 2.40. The van der Waals surface area contributed by atoms with Crippen LogP contribution in [0.5, 0.6) is 0 Å². The van der Waals surface area contributed by atoms with E-state index in [-0.39, 0.29) is 0 Å². The average Bonchev–Trinajstić information content (AvgIpc) is 2.34. The van der Waals surface area contributed by atoms with Crippen molar-refractivity contribution < 1.29 is 4.42 Å². The standard InChI is InChI=1S/C6H4ClNO/c7-2-6-1-5(3-8)4-9-6/h1,4H,2H2. The Morgan fingerprint density at radius 3 is 2.89 bits per heavy atom. The summed E-state index contributed by atoms with van der Waals surface area (Å²) < 4.78 is 4.85. The summed E-state index contributed by atoms with van der Waals surface area (Å²) in [5.74, 6) is 0.954. The molecule has 46 valence electrons. The van der Waals surface area contributed by atoms with Crippen molar-refractivity contribution in [1.29, 1.82) is 5.26 Å². The summed E-state index contributed by atoms with van der Waals surface area (Å²) in [7, 11) is 0. The summed E-state index contributed by atoms with van der Waals surface area (Å²) in [4.78, 5) is 0. The van der Waals surface area contributed by atoms with Crippen LogP contribution in [0.2, 0.25) is 0 Å². The summed E-state index contributed by atoms with van der Waals surface area (Å²) in [5.41, 5.74) is 0.519. The Bertz CT molecular complexity index is 235. The maximum absolute atomic E-state index is 8.29. The van der Waals surface area contributed by atoms with Gasteiger partial charge in [0.1, 0.15) is 18.1 Å². The molecule has 1 heterocycles. The van der Waals surface area contributed by atoms with Gasteiger partial charge in [-0.1, -0.05) is 0 Å². The smallest absolute Gasteiger partial charge is 0.119 e. The maximum atomic E-state index is 8.29. The highest BCUT2D eigenvalue weighted by Crippen LogP contribution is 2.07. The molecule has 0 aromatic carbocycles. The molecule has 0 atom stereocenters. The number of nitrogens with zero attached hydrogens (tertiary/aromatic N) is 1. The van der Waals surface area contributed by atoms with Gasteiger partial charge in [0.2, 0.25) is 0 Å². The monoisotopic (exact) mass is 141 g/mol. The first-order valence-corrected chi connectivity index (χ1v) is 2.93. The van der Waals surface area contributed by atoms with E-state index in [1.165, 1.54) is 6.26 Å². The molecule has 1 rings (SSSR count). The number of halogens is 1. The lowest BCUT2D eigenvalue weighted by Crippen LogP contribution is -1.65. The summed E-state index contributed by atoms with van der Waals surface area (Å²) in [6.45, 7) is 0. The zero-order chi connectivity index (χ0) is 6.69. The predicted octanol–water partition coefficient (Wildman–Crippen LogP) is 1.89. The minimum atomic E-state index is 0.321. The van der Waals surface area contributed by atoms with Crippen LogP contribution >= 0.6 is 11.6 Å². The Hall–Kier alpha value is -0.940. The Labute approximate surface area is 57.7 Å².